The molecule has 0 saturated carbocycles. The molecule has 0 atom stereocenters. The Labute approximate surface area is 104 Å². The summed E-state index contributed by atoms with van der Waals surface area (Å²) in [4.78, 5) is 0. The smallest absolute Gasteiger partial charge is 0.0475 e. The van der Waals surface area contributed by atoms with Gasteiger partial charge in [-0.3, -0.25) is 0 Å². The Hall–Kier alpha value is -0.860. The first-order valence-electron chi connectivity index (χ1n) is 6.63. The van der Waals surface area contributed by atoms with Crippen molar-refractivity contribution in [3.63, 3.8) is 0 Å². The maximum Gasteiger partial charge on any atom is 0.0475 e. The quantitative estimate of drug-likeness (QED) is 0.763. The van der Waals surface area contributed by atoms with E-state index in [1.54, 1.807) is 0 Å². The fraction of sp³-hybridized carbons (Fsp3) is 0.600. The van der Waals surface area contributed by atoms with E-state index >= 15 is 0 Å². The van der Waals surface area contributed by atoms with E-state index in [9.17, 15) is 0 Å². The molecule has 17 heavy (non-hydrogen) atoms. The van der Waals surface area contributed by atoms with Crippen molar-refractivity contribution >= 4 is 0 Å². The number of ether oxygens (including phenoxy) is 1. The van der Waals surface area contributed by atoms with Crippen LogP contribution in [0, 0.1) is 6.92 Å². The normalized spacial score (nSPS) is 17.8. The Balaban J connectivity index is 2.02. The van der Waals surface area contributed by atoms with Crippen LogP contribution >= 0.6 is 0 Å². The van der Waals surface area contributed by atoms with Gasteiger partial charge in [0.05, 0.1) is 0 Å². The third-order valence-corrected chi connectivity index (χ3v) is 3.72. The highest BCUT2D eigenvalue weighted by molar-refractivity contribution is 5.36. The van der Waals surface area contributed by atoms with Crippen LogP contribution in [0.25, 0.3) is 0 Å². The lowest BCUT2D eigenvalue weighted by atomic mass is 9.71. The number of hydrogen-bond donors (Lipinski definition) is 1. The maximum atomic E-state index is 5.65. The van der Waals surface area contributed by atoms with Crippen LogP contribution in [0.15, 0.2) is 24.3 Å². The Kier molecular flexibility index (Phi) is 4.19. The molecule has 1 fully saturated rings. The van der Waals surface area contributed by atoms with Crippen LogP contribution in [0.3, 0.4) is 0 Å². The molecule has 2 nitrogen and oxygen atoms in total. The average Bonchev–Trinajstić information content (AvgIpc) is 2.29. The Morgan fingerprint density at radius 3 is 2.59 bits per heavy atom. The highest BCUT2D eigenvalue weighted by atomic mass is 16.5. The van der Waals surface area contributed by atoms with Gasteiger partial charge in [0.15, 0.2) is 0 Å². The largest absolute Gasteiger partial charge is 0.381 e. The van der Waals surface area contributed by atoms with Gasteiger partial charge in [0.25, 0.3) is 0 Å². The second-order valence-electron chi connectivity index (χ2n) is 5.06. The van der Waals surface area contributed by atoms with Crippen LogP contribution in [0.4, 0.5) is 0 Å². The second-order valence-corrected chi connectivity index (χ2v) is 5.06. The van der Waals surface area contributed by atoms with Gasteiger partial charge < -0.3 is 10.1 Å². The van der Waals surface area contributed by atoms with Crippen LogP contribution < -0.4 is 5.32 Å². The van der Waals surface area contributed by atoms with Gasteiger partial charge in [0.1, 0.15) is 0 Å². The second kappa shape index (κ2) is 5.65. The maximum absolute atomic E-state index is 5.65. The van der Waals surface area contributed by atoms with Gasteiger partial charge in [0, 0.05) is 31.7 Å². The van der Waals surface area contributed by atoms with Gasteiger partial charge in [-0.05, 0) is 30.9 Å². The van der Waals surface area contributed by atoms with Crippen LogP contribution in [0.2, 0.25) is 0 Å². The predicted molar refractivity (Wildman–Crippen MR) is 71.5 cm³/mol. The molecule has 94 valence electrons. The Morgan fingerprint density at radius 1 is 1.24 bits per heavy atom. The summed E-state index contributed by atoms with van der Waals surface area (Å²) in [6, 6.07) is 8.75. The summed E-state index contributed by atoms with van der Waals surface area (Å²) in [6.45, 7) is 8.31. The van der Waals surface area contributed by atoms with Crippen LogP contribution in [-0.2, 0) is 10.2 Å². The highest BCUT2D eigenvalue weighted by Crippen LogP contribution is 2.34. The van der Waals surface area contributed by atoms with E-state index in [0.29, 0.717) is 5.41 Å². The number of hydrogen-bond acceptors (Lipinski definition) is 2. The summed E-state index contributed by atoms with van der Waals surface area (Å²) in [5.41, 5.74) is 3.22. The summed E-state index contributed by atoms with van der Waals surface area (Å²) in [7, 11) is 0. The Bertz CT molecular complexity index is 358. The average molecular weight is 233 g/mol. The minimum atomic E-state index is 0.319. The van der Waals surface area contributed by atoms with E-state index in [1.165, 1.54) is 11.1 Å². The highest BCUT2D eigenvalue weighted by Gasteiger charge is 2.38. The molecule has 0 unspecified atom stereocenters. The summed E-state index contributed by atoms with van der Waals surface area (Å²) in [5, 5.41) is 3.41. The van der Waals surface area contributed by atoms with Gasteiger partial charge in [-0.2, -0.15) is 0 Å². The van der Waals surface area contributed by atoms with E-state index < -0.39 is 0 Å². The topological polar surface area (TPSA) is 21.3 Å². The van der Waals surface area contributed by atoms with Gasteiger partial charge in [0.2, 0.25) is 0 Å². The minimum Gasteiger partial charge on any atom is -0.381 e. The fourth-order valence-electron chi connectivity index (χ4n) is 2.61. The van der Waals surface area contributed by atoms with Crippen molar-refractivity contribution in [1.29, 1.82) is 0 Å². The first-order chi connectivity index (χ1) is 8.28. The van der Waals surface area contributed by atoms with Crippen molar-refractivity contribution in [2.24, 2.45) is 0 Å². The molecule has 1 aromatic carbocycles. The first-order valence-corrected chi connectivity index (χ1v) is 6.63. The number of aryl methyl sites for hydroxylation is 1. The third kappa shape index (κ3) is 2.70. The molecule has 0 bridgehead atoms. The first kappa shape index (κ1) is 12.6. The predicted octanol–water partition coefficient (Wildman–Crippen LogP) is 2.65. The molecule has 0 aliphatic carbocycles. The van der Waals surface area contributed by atoms with E-state index in [4.69, 9.17) is 4.74 Å². The van der Waals surface area contributed by atoms with E-state index in [2.05, 4.69) is 43.4 Å². The molecule has 0 radical (unpaired) electrons. The summed E-state index contributed by atoms with van der Waals surface area (Å²) in [6.07, 6.45) is 2.24. The molecule has 2 rings (SSSR count). The van der Waals surface area contributed by atoms with Crippen molar-refractivity contribution in [3.05, 3.63) is 35.4 Å². The molecular formula is C15H23NO. The van der Waals surface area contributed by atoms with E-state index in [1.807, 2.05) is 0 Å². The molecule has 0 amide bonds. The van der Waals surface area contributed by atoms with Crippen molar-refractivity contribution in [1.82, 2.24) is 5.32 Å². The van der Waals surface area contributed by atoms with Crippen molar-refractivity contribution in [3.8, 4) is 0 Å². The number of rotatable bonds is 6. The zero-order valence-corrected chi connectivity index (χ0v) is 11.0. The van der Waals surface area contributed by atoms with Gasteiger partial charge in [-0.1, -0.05) is 31.2 Å². The molecule has 1 heterocycles. The molecule has 1 aliphatic heterocycles. The molecule has 2 heteroatoms. The van der Waals surface area contributed by atoms with Crippen LogP contribution in [-0.4, -0.2) is 26.3 Å². The molecule has 1 saturated heterocycles. The van der Waals surface area contributed by atoms with Gasteiger partial charge >= 0.3 is 0 Å². The lowest BCUT2D eigenvalue weighted by molar-refractivity contribution is 0.0996. The molecule has 1 aromatic rings. The lowest BCUT2D eigenvalue weighted by Gasteiger charge is -2.44. The van der Waals surface area contributed by atoms with E-state index in [0.717, 1.165) is 39.1 Å². The molecule has 0 aromatic heterocycles. The lowest BCUT2D eigenvalue weighted by Crippen LogP contribution is -2.57. The summed E-state index contributed by atoms with van der Waals surface area (Å²) in [5.74, 6) is 0. The van der Waals surface area contributed by atoms with Gasteiger partial charge in [-0.15, -0.1) is 0 Å². The molecular weight excluding hydrogens is 210 g/mol. The fourth-order valence-corrected chi connectivity index (χ4v) is 2.61. The van der Waals surface area contributed by atoms with Crippen molar-refractivity contribution in [2.45, 2.75) is 32.1 Å². The standard InChI is InChI=1S/C15H23NO/c1-3-9-17-10-8-15(11-16-12-15)14-7-5-4-6-13(14)2/h4-7,16H,3,8-12H2,1-2H3. The number of nitrogens with one attached hydrogen (secondary N) is 1. The van der Waals surface area contributed by atoms with Crippen molar-refractivity contribution in [2.75, 3.05) is 26.3 Å². The van der Waals surface area contributed by atoms with Crippen LogP contribution in [0.1, 0.15) is 30.9 Å². The van der Waals surface area contributed by atoms with Gasteiger partial charge in [-0.25, -0.2) is 0 Å². The number of benzene rings is 1. The molecule has 1 N–H and O–H groups in total. The third-order valence-electron chi connectivity index (χ3n) is 3.72. The Morgan fingerprint density at radius 2 is 2.00 bits per heavy atom. The molecule has 0 spiro atoms. The molecule has 1 aliphatic rings. The zero-order chi connectivity index (χ0) is 12.1. The summed E-state index contributed by atoms with van der Waals surface area (Å²) < 4.78 is 5.65. The van der Waals surface area contributed by atoms with Crippen molar-refractivity contribution < 1.29 is 4.74 Å². The monoisotopic (exact) mass is 233 g/mol. The van der Waals surface area contributed by atoms with Crippen LogP contribution in [0.5, 0.6) is 0 Å². The summed E-state index contributed by atoms with van der Waals surface area (Å²) >= 11 is 0. The zero-order valence-electron chi connectivity index (χ0n) is 11.0. The van der Waals surface area contributed by atoms with E-state index in [-0.39, 0.29) is 0 Å². The minimum absolute atomic E-state index is 0.319. The SMILES string of the molecule is CCCOCCC1(c2ccccc2C)CNC1.